The third-order valence-electron chi connectivity index (χ3n) is 4.87. The second-order valence-electron chi connectivity index (χ2n) is 6.84. The average molecular weight is 358 g/mol. The Kier molecular flexibility index (Phi) is 6.48. The Hall–Kier alpha value is -1.84. The molecular weight excluding hydrogens is 332 g/mol. The minimum absolute atomic E-state index is 0.0439. The molecule has 0 aliphatic carbocycles. The van der Waals surface area contributed by atoms with Crippen LogP contribution in [-0.2, 0) is 24.3 Å². The first-order valence-corrected chi connectivity index (χ1v) is 9.50. The van der Waals surface area contributed by atoms with Crippen molar-refractivity contribution in [2.45, 2.75) is 38.8 Å². The van der Waals surface area contributed by atoms with Gasteiger partial charge in [-0.3, -0.25) is 4.79 Å². The predicted molar refractivity (Wildman–Crippen MR) is 102 cm³/mol. The third kappa shape index (κ3) is 5.58. The van der Waals surface area contributed by atoms with E-state index in [1.807, 2.05) is 24.3 Å². The lowest BCUT2D eigenvalue weighted by molar-refractivity contribution is -0.918. The van der Waals surface area contributed by atoms with Gasteiger partial charge in [0.05, 0.1) is 19.5 Å². The molecule has 0 aromatic heterocycles. The highest BCUT2D eigenvalue weighted by Gasteiger charge is 2.15. The molecule has 25 heavy (non-hydrogen) atoms. The van der Waals surface area contributed by atoms with E-state index in [1.165, 1.54) is 43.5 Å². The fourth-order valence-corrected chi connectivity index (χ4v) is 3.57. The minimum atomic E-state index is 0.0439. The zero-order valence-electron chi connectivity index (χ0n) is 14.6. The fraction of sp³-hybridized carbons (Fsp3) is 0.381. The van der Waals surface area contributed by atoms with E-state index in [4.69, 9.17) is 11.6 Å². The van der Waals surface area contributed by atoms with Gasteiger partial charge >= 0.3 is 0 Å². The van der Waals surface area contributed by atoms with Crippen molar-refractivity contribution in [2.24, 2.45) is 0 Å². The molecule has 0 atom stereocenters. The highest BCUT2D eigenvalue weighted by Crippen LogP contribution is 2.11. The number of halogens is 1. The van der Waals surface area contributed by atoms with Gasteiger partial charge in [0.2, 0.25) is 5.91 Å². The monoisotopic (exact) mass is 357 g/mol. The largest absolute Gasteiger partial charge is 0.352 e. The van der Waals surface area contributed by atoms with Crippen LogP contribution in [-0.4, -0.2) is 19.0 Å². The van der Waals surface area contributed by atoms with E-state index in [0.29, 0.717) is 18.0 Å². The maximum Gasteiger partial charge on any atom is 0.224 e. The molecular formula is C21H26ClN2O+. The first kappa shape index (κ1) is 18.0. The van der Waals surface area contributed by atoms with Crippen LogP contribution in [0.2, 0.25) is 5.02 Å². The number of carbonyl (C=O) groups is 1. The van der Waals surface area contributed by atoms with Crippen LogP contribution >= 0.6 is 11.6 Å². The summed E-state index contributed by atoms with van der Waals surface area (Å²) in [5.74, 6) is 0.0439. The molecule has 1 aliphatic rings. The zero-order valence-corrected chi connectivity index (χ0v) is 15.3. The van der Waals surface area contributed by atoms with Crippen molar-refractivity contribution in [1.82, 2.24) is 5.32 Å². The Bertz CT molecular complexity index is 693. The highest BCUT2D eigenvalue weighted by molar-refractivity contribution is 6.30. The molecule has 0 bridgehead atoms. The number of carbonyl (C=O) groups excluding carboxylic acids is 1. The number of amides is 1. The van der Waals surface area contributed by atoms with Crippen LogP contribution in [0.25, 0.3) is 0 Å². The normalized spacial score (nSPS) is 15.1. The van der Waals surface area contributed by atoms with Crippen LogP contribution in [0.1, 0.15) is 36.0 Å². The summed E-state index contributed by atoms with van der Waals surface area (Å²) in [6.45, 7) is 4.17. The van der Waals surface area contributed by atoms with E-state index < -0.39 is 0 Å². The molecule has 2 aromatic rings. The van der Waals surface area contributed by atoms with Crippen LogP contribution in [0.15, 0.2) is 48.5 Å². The van der Waals surface area contributed by atoms with E-state index in [1.54, 1.807) is 4.90 Å². The Labute approximate surface area is 155 Å². The predicted octanol–water partition coefficient (Wildman–Crippen LogP) is 2.77. The second-order valence-corrected chi connectivity index (χ2v) is 7.27. The van der Waals surface area contributed by atoms with Gasteiger partial charge in [-0.25, -0.2) is 0 Å². The molecule has 1 saturated heterocycles. The number of likely N-dealkylation sites (tertiary alicyclic amines) is 1. The van der Waals surface area contributed by atoms with Crippen molar-refractivity contribution < 1.29 is 9.69 Å². The van der Waals surface area contributed by atoms with Crippen LogP contribution in [0.3, 0.4) is 0 Å². The standard InChI is InChI=1S/C21H25ClN2O/c22-20-10-8-17(9-11-20)14-21(25)23-15-18-6-2-3-7-19(18)16-24-12-4-1-5-13-24/h2-3,6-11H,1,4-5,12-16H2,(H,23,25)/p+1. The molecule has 2 aromatic carbocycles. The molecule has 0 unspecified atom stereocenters. The van der Waals surface area contributed by atoms with Gasteiger partial charge in [0, 0.05) is 17.1 Å². The maximum atomic E-state index is 12.2. The van der Waals surface area contributed by atoms with E-state index in [-0.39, 0.29) is 5.91 Å². The molecule has 0 radical (unpaired) electrons. The molecule has 3 rings (SSSR count). The van der Waals surface area contributed by atoms with Crippen molar-refractivity contribution in [1.29, 1.82) is 0 Å². The molecule has 0 saturated carbocycles. The number of piperidine rings is 1. The molecule has 3 nitrogen and oxygen atoms in total. The van der Waals surface area contributed by atoms with Crippen LogP contribution in [0.4, 0.5) is 0 Å². The molecule has 1 aliphatic heterocycles. The zero-order chi connectivity index (χ0) is 17.5. The van der Waals surface area contributed by atoms with Gasteiger partial charge in [-0.15, -0.1) is 0 Å². The first-order chi connectivity index (χ1) is 12.2. The van der Waals surface area contributed by atoms with E-state index in [0.717, 1.165) is 12.1 Å². The molecule has 4 heteroatoms. The lowest BCUT2D eigenvalue weighted by Gasteiger charge is -2.24. The minimum Gasteiger partial charge on any atom is -0.352 e. The lowest BCUT2D eigenvalue weighted by Crippen LogP contribution is -3.11. The second kappa shape index (κ2) is 9.02. The van der Waals surface area contributed by atoms with Crippen molar-refractivity contribution in [3.8, 4) is 0 Å². The Morgan fingerprint density at radius 1 is 0.960 bits per heavy atom. The van der Waals surface area contributed by atoms with E-state index in [9.17, 15) is 4.79 Å². The van der Waals surface area contributed by atoms with Gasteiger partial charge in [-0.1, -0.05) is 48.0 Å². The maximum absolute atomic E-state index is 12.2. The SMILES string of the molecule is O=C(Cc1ccc(Cl)cc1)NCc1ccccc1C[NH+]1CCCCC1. The molecule has 1 amide bonds. The summed E-state index contributed by atoms with van der Waals surface area (Å²) in [4.78, 5) is 13.9. The molecule has 1 heterocycles. The number of nitrogens with one attached hydrogen (secondary N) is 2. The Morgan fingerprint density at radius 2 is 1.64 bits per heavy atom. The van der Waals surface area contributed by atoms with Gasteiger partial charge in [-0.2, -0.15) is 0 Å². The fourth-order valence-electron chi connectivity index (χ4n) is 3.44. The summed E-state index contributed by atoms with van der Waals surface area (Å²) in [5, 5.41) is 3.75. The van der Waals surface area contributed by atoms with Crippen molar-refractivity contribution in [3.63, 3.8) is 0 Å². The summed E-state index contributed by atoms with van der Waals surface area (Å²) >= 11 is 5.88. The number of benzene rings is 2. The molecule has 2 N–H and O–H groups in total. The average Bonchev–Trinajstić information content (AvgIpc) is 2.64. The Balaban J connectivity index is 1.55. The van der Waals surface area contributed by atoms with Gasteiger partial charge < -0.3 is 10.2 Å². The number of hydrogen-bond donors (Lipinski definition) is 2. The topological polar surface area (TPSA) is 33.5 Å². The summed E-state index contributed by atoms with van der Waals surface area (Å²) < 4.78 is 0. The number of quaternary nitrogens is 1. The van der Waals surface area contributed by atoms with Gasteiger partial charge in [-0.05, 0) is 42.5 Å². The van der Waals surface area contributed by atoms with Crippen LogP contribution in [0.5, 0.6) is 0 Å². The Morgan fingerprint density at radius 3 is 2.36 bits per heavy atom. The van der Waals surface area contributed by atoms with Gasteiger partial charge in [0.15, 0.2) is 0 Å². The molecule has 132 valence electrons. The van der Waals surface area contributed by atoms with Crippen molar-refractivity contribution in [3.05, 3.63) is 70.2 Å². The lowest BCUT2D eigenvalue weighted by atomic mass is 10.0. The van der Waals surface area contributed by atoms with Gasteiger partial charge in [0.1, 0.15) is 6.54 Å². The van der Waals surface area contributed by atoms with E-state index >= 15 is 0 Å². The third-order valence-corrected chi connectivity index (χ3v) is 5.13. The number of rotatable bonds is 6. The highest BCUT2D eigenvalue weighted by atomic mass is 35.5. The summed E-state index contributed by atoms with van der Waals surface area (Å²) in [6, 6.07) is 15.9. The molecule has 1 fully saturated rings. The summed E-state index contributed by atoms with van der Waals surface area (Å²) in [7, 11) is 0. The van der Waals surface area contributed by atoms with Crippen molar-refractivity contribution >= 4 is 17.5 Å². The first-order valence-electron chi connectivity index (χ1n) is 9.12. The summed E-state index contributed by atoms with van der Waals surface area (Å²) in [5.41, 5.74) is 3.56. The van der Waals surface area contributed by atoms with Crippen LogP contribution in [0, 0.1) is 0 Å². The number of hydrogen-bond acceptors (Lipinski definition) is 1. The van der Waals surface area contributed by atoms with Crippen molar-refractivity contribution in [2.75, 3.05) is 13.1 Å². The smallest absolute Gasteiger partial charge is 0.224 e. The van der Waals surface area contributed by atoms with Crippen LogP contribution < -0.4 is 10.2 Å². The van der Waals surface area contributed by atoms with Gasteiger partial charge in [0.25, 0.3) is 0 Å². The summed E-state index contributed by atoms with van der Waals surface area (Å²) in [6.07, 6.45) is 4.41. The molecule has 0 spiro atoms. The van der Waals surface area contributed by atoms with E-state index in [2.05, 4.69) is 29.6 Å². The quantitative estimate of drug-likeness (QED) is 0.819.